The number of halogens is 1. The first-order valence-electron chi connectivity index (χ1n) is 3.59. The third-order valence-electron chi connectivity index (χ3n) is 1.81. The fourth-order valence-corrected chi connectivity index (χ4v) is 2.09. The third kappa shape index (κ3) is 1.60. The van der Waals surface area contributed by atoms with Gasteiger partial charge in [0.15, 0.2) is 5.78 Å². The van der Waals surface area contributed by atoms with Gasteiger partial charge >= 0.3 is 0 Å². The topological polar surface area (TPSA) is 43.1 Å². The van der Waals surface area contributed by atoms with Gasteiger partial charge in [-0.1, -0.05) is 0 Å². The summed E-state index contributed by atoms with van der Waals surface area (Å²) in [5.41, 5.74) is 7.98. The highest BCUT2D eigenvalue weighted by atomic mass is 127. The van der Waals surface area contributed by atoms with Crippen LogP contribution in [0.15, 0.2) is 12.1 Å². The molecule has 0 fully saturated rings. The summed E-state index contributed by atoms with van der Waals surface area (Å²) in [5.74, 6) is 0.0733. The van der Waals surface area contributed by atoms with Crippen LogP contribution >= 0.6 is 22.6 Å². The summed E-state index contributed by atoms with van der Waals surface area (Å²) in [7, 11) is 0. The normalized spacial score (nSPS) is 9.92. The maximum Gasteiger partial charge on any atom is 0.161 e. The number of nitrogens with two attached hydrogens (primary N) is 1. The van der Waals surface area contributed by atoms with Crippen molar-refractivity contribution in [2.45, 2.75) is 13.8 Å². The lowest BCUT2D eigenvalue weighted by atomic mass is 10.0. The minimum atomic E-state index is 0.0733. The number of anilines is 1. The molecule has 0 heterocycles. The van der Waals surface area contributed by atoms with Gasteiger partial charge < -0.3 is 5.73 Å². The van der Waals surface area contributed by atoms with Gasteiger partial charge in [0.25, 0.3) is 0 Å². The fraction of sp³-hybridized carbons (Fsp3) is 0.222. The molecule has 0 saturated carbocycles. The molecule has 0 radical (unpaired) electrons. The molecule has 0 aliphatic heterocycles. The molecule has 1 aromatic rings. The second-order valence-corrected chi connectivity index (χ2v) is 3.85. The number of hydrogen-bond donors (Lipinski definition) is 1. The molecule has 0 amide bonds. The summed E-state index contributed by atoms with van der Waals surface area (Å²) >= 11 is 2.14. The molecule has 1 aromatic carbocycles. The van der Waals surface area contributed by atoms with Gasteiger partial charge in [0, 0.05) is 14.8 Å². The summed E-state index contributed by atoms with van der Waals surface area (Å²) in [6.45, 7) is 3.43. The minimum Gasteiger partial charge on any atom is -0.398 e. The van der Waals surface area contributed by atoms with E-state index in [9.17, 15) is 4.79 Å². The summed E-state index contributed by atoms with van der Waals surface area (Å²) in [5, 5.41) is 0. The van der Waals surface area contributed by atoms with Crippen molar-refractivity contribution >= 4 is 34.1 Å². The van der Waals surface area contributed by atoms with Gasteiger partial charge in [0.05, 0.1) is 0 Å². The average molecular weight is 275 g/mol. The van der Waals surface area contributed by atoms with Crippen molar-refractivity contribution in [3.8, 4) is 0 Å². The van der Waals surface area contributed by atoms with Gasteiger partial charge in [0.1, 0.15) is 0 Å². The van der Waals surface area contributed by atoms with Crippen LogP contribution in [0.5, 0.6) is 0 Å². The van der Waals surface area contributed by atoms with E-state index in [1.807, 2.05) is 19.1 Å². The number of carbonyl (C=O) groups is 1. The van der Waals surface area contributed by atoms with E-state index in [4.69, 9.17) is 5.73 Å². The molecular formula is C9H10INO. The molecular weight excluding hydrogens is 265 g/mol. The average Bonchev–Trinajstić information content (AvgIpc) is 1.97. The Labute approximate surface area is 85.3 Å². The Hall–Kier alpha value is -0.580. The molecule has 2 nitrogen and oxygen atoms in total. The van der Waals surface area contributed by atoms with E-state index in [1.54, 1.807) is 6.92 Å². The number of benzene rings is 1. The fourth-order valence-electron chi connectivity index (χ4n) is 1.13. The second-order valence-electron chi connectivity index (χ2n) is 2.69. The first-order chi connectivity index (χ1) is 5.54. The molecule has 0 aliphatic carbocycles. The molecule has 0 aliphatic rings. The van der Waals surface area contributed by atoms with Crippen molar-refractivity contribution in [2.75, 3.05) is 5.73 Å². The van der Waals surface area contributed by atoms with Gasteiger partial charge in [-0.3, -0.25) is 4.79 Å². The van der Waals surface area contributed by atoms with Gasteiger partial charge in [-0.05, 0) is 54.1 Å². The van der Waals surface area contributed by atoms with E-state index in [1.165, 1.54) is 0 Å². The van der Waals surface area contributed by atoms with E-state index >= 15 is 0 Å². The van der Waals surface area contributed by atoms with E-state index < -0.39 is 0 Å². The molecule has 3 heteroatoms. The predicted molar refractivity (Wildman–Crippen MR) is 58.3 cm³/mol. The van der Waals surface area contributed by atoms with Crippen LogP contribution in [0.25, 0.3) is 0 Å². The lowest BCUT2D eigenvalue weighted by Crippen LogP contribution is -2.02. The molecule has 1 rings (SSSR count). The van der Waals surface area contributed by atoms with E-state index in [0.717, 1.165) is 14.7 Å². The molecule has 64 valence electrons. The summed E-state index contributed by atoms with van der Waals surface area (Å²) in [6, 6.07) is 3.68. The molecule has 0 unspecified atom stereocenters. The van der Waals surface area contributed by atoms with Crippen molar-refractivity contribution in [3.05, 3.63) is 26.8 Å². The van der Waals surface area contributed by atoms with Crippen molar-refractivity contribution in [2.24, 2.45) is 0 Å². The van der Waals surface area contributed by atoms with Crippen LogP contribution < -0.4 is 5.73 Å². The Morgan fingerprint density at radius 1 is 1.50 bits per heavy atom. The maximum atomic E-state index is 11.2. The number of nitrogen functional groups attached to an aromatic ring is 1. The van der Waals surface area contributed by atoms with Gasteiger partial charge in [0.2, 0.25) is 0 Å². The molecule has 12 heavy (non-hydrogen) atoms. The van der Waals surface area contributed by atoms with E-state index in [2.05, 4.69) is 22.6 Å². The van der Waals surface area contributed by atoms with Crippen LogP contribution in [0, 0.1) is 10.5 Å². The van der Waals surface area contributed by atoms with E-state index in [-0.39, 0.29) is 5.78 Å². The Bertz CT molecular complexity index is 334. The first kappa shape index (κ1) is 9.51. The molecule has 0 aromatic heterocycles. The number of Topliss-reactive ketones (excluding diaryl/α,β-unsaturated/α-hetero) is 1. The van der Waals surface area contributed by atoms with Crippen LogP contribution in [0.4, 0.5) is 5.69 Å². The quantitative estimate of drug-likeness (QED) is 0.486. The highest BCUT2D eigenvalue weighted by Gasteiger charge is 2.09. The summed E-state index contributed by atoms with van der Waals surface area (Å²) in [6.07, 6.45) is 0. The maximum absolute atomic E-state index is 11.2. The van der Waals surface area contributed by atoms with Crippen LogP contribution in [0.2, 0.25) is 0 Å². The zero-order chi connectivity index (χ0) is 9.30. The van der Waals surface area contributed by atoms with Gasteiger partial charge in [-0.25, -0.2) is 0 Å². The molecule has 0 atom stereocenters. The van der Waals surface area contributed by atoms with Crippen molar-refractivity contribution in [1.29, 1.82) is 0 Å². The molecule has 0 spiro atoms. The lowest BCUT2D eigenvalue weighted by molar-refractivity contribution is 0.101. The Kier molecular flexibility index (Phi) is 2.72. The molecule has 0 bridgehead atoms. The number of rotatable bonds is 1. The largest absolute Gasteiger partial charge is 0.398 e. The van der Waals surface area contributed by atoms with Crippen LogP contribution in [0.1, 0.15) is 22.8 Å². The van der Waals surface area contributed by atoms with Crippen LogP contribution in [0.3, 0.4) is 0 Å². The van der Waals surface area contributed by atoms with Crippen molar-refractivity contribution in [3.63, 3.8) is 0 Å². The third-order valence-corrected chi connectivity index (χ3v) is 2.71. The number of hydrogen-bond acceptors (Lipinski definition) is 2. The van der Waals surface area contributed by atoms with E-state index in [0.29, 0.717) is 5.69 Å². The zero-order valence-electron chi connectivity index (χ0n) is 7.02. The van der Waals surface area contributed by atoms with Gasteiger partial charge in [-0.15, -0.1) is 0 Å². The molecule has 2 N–H and O–H groups in total. The smallest absolute Gasteiger partial charge is 0.161 e. The second kappa shape index (κ2) is 3.43. The van der Waals surface area contributed by atoms with Crippen molar-refractivity contribution in [1.82, 2.24) is 0 Å². The standard InChI is InChI=1S/C9H10INO/c1-5-8(11)4-3-7(10)9(5)6(2)12/h3-4H,11H2,1-2H3. The number of ketones is 1. The van der Waals surface area contributed by atoms with Crippen LogP contribution in [-0.2, 0) is 0 Å². The Morgan fingerprint density at radius 2 is 2.08 bits per heavy atom. The van der Waals surface area contributed by atoms with Gasteiger partial charge in [-0.2, -0.15) is 0 Å². The zero-order valence-corrected chi connectivity index (χ0v) is 9.18. The number of carbonyl (C=O) groups excluding carboxylic acids is 1. The minimum absolute atomic E-state index is 0.0733. The highest BCUT2D eigenvalue weighted by molar-refractivity contribution is 14.1. The van der Waals surface area contributed by atoms with Crippen molar-refractivity contribution < 1.29 is 4.79 Å². The Morgan fingerprint density at radius 3 is 2.50 bits per heavy atom. The Balaban J connectivity index is 3.43. The monoisotopic (exact) mass is 275 g/mol. The first-order valence-corrected chi connectivity index (χ1v) is 4.67. The highest BCUT2D eigenvalue weighted by Crippen LogP contribution is 2.22. The SMILES string of the molecule is CC(=O)c1c(I)ccc(N)c1C. The van der Waals surface area contributed by atoms with Crippen LogP contribution in [-0.4, -0.2) is 5.78 Å². The lowest BCUT2D eigenvalue weighted by Gasteiger charge is -2.06. The summed E-state index contributed by atoms with van der Waals surface area (Å²) in [4.78, 5) is 11.2. The molecule has 0 saturated heterocycles. The predicted octanol–water partition coefficient (Wildman–Crippen LogP) is 2.38. The summed E-state index contributed by atoms with van der Waals surface area (Å²) < 4.78 is 0.965.